The molecule has 0 radical (unpaired) electrons. The lowest BCUT2D eigenvalue weighted by Gasteiger charge is -2.22. The molecule has 0 aliphatic rings. The lowest BCUT2D eigenvalue weighted by Crippen LogP contribution is -2.38. The Morgan fingerprint density at radius 1 is 0.350 bits per heavy atom. The summed E-state index contributed by atoms with van der Waals surface area (Å²) in [7, 11) is 1.62. The van der Waals surface area contributed by atoms with Crippen molar-refractivity contribution >= 4 is 83.6 Å². The molecule has 9 aromatic carbocycles. The minimum Gasteiger partial charge on any atom is -0.359 e. The number of carbonyl (C=O) groups excluding carboxylic acids is 6. The van der Waals surface area contributed by atoms with E-state index in [1.54, 1.807) is 20.9 Å². The van der Waals surface area contributed by atoms with Crippen LogP contribution < -0.4 is 56.7 Å². The first-order chi connectivity index (χ1) is 59.2. The number of nitrogens with one attached hydrogen (secondary N) is 2. The van der Waals surface area contributed by atoms with E-state index in [0.717, 1.165) is 96.4 Å². The van der Waals surface area contributed by atoms with Crippen molar-refractivity contribution in [3.8, 4) is 0 Å². The predicted octanol–water partition coefficient (Wildman–Crippen LogP) is 14.2. The fraction of sp³-hybridized carbons (Fsp3) is 0.388. The standard InChI is InChI=1S/2C17H20N2O2.C14H22N2O2.C11H16N2O.C11H15NOS.2C10H15NS.C8H17NOS/c18-17(11-15-7-3-1-4-8-15)12-19(14-20)21-13-16-9-5-2-6-10-16;18-16(11-14-7-3-1-4-8-14)12-17(20)19-21-13-15-9-5-2-6-10-15;1-12(2)8-14(15)9-16(11-17)18-10-13-6-4-3-5-7-13;1-13-11(14)8-10(12)7-9-5-3-2-4-6-9;1-9(13)14-8-11(12)7-10-5-3-2-4-6-10;2*11-10(6-7-12)8-9-4-2-1-3-5-9;1-6(2)4-8(9)5-11-7(3)10/h1-10,14,17H,11-13,18H2;1-10,16H,11-13,18H2,(H,19,20);3-7,11-12,14H,8-10,15H2,1-2H3;2-6,10H,7-8,12H2,1H3,(H,13,14);2-6,11H,7-8,12H2,1H3;2*1-5,10,12H,6-8,11H2;6,8H,4-5,9H2,1-3H3. The van der Waals surface area contributed by atoms with Gasteiger partial charge in [0.1, 0.15) is 13.2 Å². The summed E-state index contributed by atoms with van der Waals surface area (Å²) < 4.78 is 0. The molecular weight excluding hydrogens is 1620 g/mol. The highest BCUT2D eigenvalue weighted by Gasteiger charge is 2.16. The molecule has 25 heteroatoms. The smallest absolute Gasteiger partial charge is 0.245 e. The number of hydroxylamine groups is 5. The number of carbonyl (C=O) groups is 6. The van der Waals surface area contributed by atoms with Crippen LogP contribution in [0, 0.1) is 11.8 Å². The summed E-state index contributed by atoms with van der Waals surface area (Å²) in [6, 6.07) is 89.9. The van der Waals surface area contributed by atoms with E-state index in [0.29, 0.717) is 82.6 Å². The van der Waals surface area contributed by atoms with Crippen LogP contribution in [-0.2, 0) is 102 Å². The first-order valence-electron chi connectivity index (χ1n) is 41.9. The van der Waals surface area contributed by atoms with Crippen molar-refractivity contribution in [3.05, 3.63) is 323 Å². The van der Waals surface area contributed by atoms with E-state index >= 15 is 0 Å². The van der Waals surface area contributed by atoms with Crippen molar-refractivity contribution in [1.29, 1.82) is 0 Å². The van der Waals surface area contributed by atoms with Gasteiger partial charge in [-0.05, 0) is 138 Å². The number of nitrogens with zero attached hydrogens (tertiary/aromatic N) is 2. The van der Waals surface area contributed by atoms with E-state index in [9.17, 15) is 28.8 Å². The summed E-state index contributed by atoms with van der Waals surface area (Å²) in [5.41, 5.74) is 59.9. The largest absolute Gasteiger partial charge is 0.359 e. The molecule has 4 amide bonds. The fourth-order valence-corrected chi connectivity index (χ4v) is 13.5. The molecule has 0 aromatic heterocycles. The maximum Gasteiger partial charge on any atom is 0.245 e. The summed E-state index contributed by atoms with van der Waals surface area (Å²) in [6.07, 6.45) is 10.7. The van der Waals surface area contributed by atoms with Crippen molar-refractivity contribution in [1.82, 2.24) is 20.9 Å². The third kappa shape index (κ3) is 62.8. The molecule has 9 rings (SSSR count). The van der Waals surface area contributed by atoms with Crippen molar-refractivity contribution in [2.75, 3.05) is 43.1 Å². The van der Waals surface area contributed by atoms with Crippen LogP contribution in [0.3, 0.4) is 0 Å². The number of nitrogens with two attached hydrogens (primary N) is 8. The lowest BCUT2D eigenvalue weighted by molar-refractivity contribution is -0.179. The van der Waals surface area contributed by atoms with Crippen LogP contribution in [0.15, 0.2) is 273 Å². The minimum absolute atomic E-state index is 0.00608. The molecule has 0 fully saturated rings. The summed E-state index contributed by atoms with van der Waals surface area (Å²) in [5, 5.41) is 5.39. The van der Waals surface area contributed by atoms with E-state index in [1.165, 1.54) is 55.9 Å². The Morgan fingerprint density at radius 2 is 0.602 bits per heavy atom. The van der Waals surface area contributed by atoms with Gasteiger partial charge in [-0.1, -0.05) is 324 Å². The Bertz CT molecular complexity index is 4020. The topological polar surface area (TPSA) is 369 Å². The van der Waals surface area contributed by atoms with E-state index in [1.807, 2.05) is 237 Å². The van der Waals surface area contributed by atoms with Gasteiger partial charge in [0.25, 0.3) is 0 Å². The number of amides is 4. The number of hydrogen-bond acceptors (Lipinski definition) is 21. The zero-order valence-electron chi connectivity index (χ0n) is 73.2. The van der Waals surface area contributed by atoms with Crippen LogP contribution in [0.2, 0.25) is 0 Å². The van der Waals surface area contributed by atoms with Crippen LogP contribution in [0.4, 0.5) is 0 Å². The van der Waals surface area contributed by atoms with Crippen molar-refractivity contribution in [2.24, 2.45) is 57.7 Å². The Balaban J connectivity index is 0.000000482. The zero-order chi connectivity index (χ0) is 90.5. The minimum atomic E-state index is -0.215. The fourth-order valence-electron chi connectivity index (χ4n) is 11.7. The van der Waals surface area contributed by atoms with Gasteiger partial charge >= 0.3 is 0 Å². The second-order valence-corrected chi connectivity index (χ2v) is 33.7. The maximum atomic E-state index is 11.7. The van der Waals surface area contributed by atoms with Gasteiger partial charge in [0.2, 0.25) is 24.6 Å². The van der Waals surface area contributed by atoms with Crippen LogP contribution >= 0.6 is 48.8 Å². The van der Waals surface area contributed by atoms with Gasteiger partial charge in [0.15, 0.2) is 10.2 Å². The third-order valence-electron chi connectivity index (χ3n) is 17.6. The number of rotatable bonds is 43. The quantitative estimate of drug-likeness (QED) is 0.00959. The first kappa shape index (κ1) is 110. The molecule has 8 atom stereocenters. The van der Waals surface area contributed by atoms with Crippen LogP contribution in [0.5, 0.6) is 0 Å². The normalized spacial score (nSPS) is 12.4. The van der Waals surface area contributed by atoms with Gasteiger partial charge in [0.05, 0.1) is 19.7 Å². The molecule has 21 nitrogen and oxygen atoms in total. The Labute approximate surface area is 753 Å². The number of benzene rings is 9. The molecule has 0 bridgehead atoms. The highest BCUT2D eigenvalue weighted by Crippen LogP contribution is 2.15. The summed E-state index contributed by atoms with van der Waals surface area (Å²) >= 11 is 10.9. The van der Waals surface area contributed by atoms with Gasteiger partial charge in [-0.15, -0.1) is 0 Å². The molecular formula is C98H140N12O9S4. The second-order valence-electron chi connectivity index (χ2n) is 30.4. The highest BCUT2D eigenvalue weighted by atomic mass is 32.2. The van der Waals surface area contributed by atoms with Crippen molar-refractivity contribution in [3.63, 3.8) is 0 Å². The summed E-state index contributed by atoms with van der Waals surface area (Å²) in [5.74, 6) is 4.13. The molecule has 0 aliphatic heterocycles. The van der Waals surface area contributed by atoms with Gasteiger partial charge in [0, 0.05) is 93.6 Å². The lowest BCUT2D eigenvalue weighted by atomic mass is 10.0. The molecule has 0 heterocycles. The number of thiol groups is 2. The van der Waals surface area contributed by atoms with Gasteiger partial charge in [-0.2, -0.15) is 25.3 Å². The maximum absolute atomic E-state index is 11.7. The predicted molar refractivity (Wildman–Crippen MR) is 517 cm³/mol. The van der Waals surface area contributed by atoms with E-state index in [4.69, 9.17) is 60.4 Å². The molecule has 9 aromatic rings. The van der Waals surface area contributed by atoms with Gasteiger partial charge in [-0.25, -0.2) is 15.6 Å². The second kappa shape index (κ2) is 71.4. The molecule has 123 heavy (non-hydrogen) atoms. The summed E-state index contributed by atoms with van der Waals surface area (Å²) in [6.45, 7) is 13.5. The zero-order valence-corrected chi connectivity index (χ0v) is 76.6. The third-order valence-corrected chi connectivity index (χ3v) is 20.1. The van der Waals surface area contributed by atoms with E-state index in [-0.39, 0.29) is 76.8 Å². The number of hydrogen-bond donors (Lipinski definition) is 12. The molecule has 18 N–H and O–H groups in total. The van der Waals surface area contributed by atoms with Crippen molar-refractivity contribution < 1.29 is 43.3 Å². The molecule has 0 spiro atoms. The monoisotopic (exact) mass is 1760 g/mol. The van der Waals surface area contributed by atoms with Crippen molar-refractivity contribution in [2.45, 2.75) is 187 Å². The Hall–Kier alpha value is -8.84. The van der Waals surface area contributed by atoms with Crippen LogP contribution in [0.1, 0.15) is 130 Å². The van der Waals surface area contributed by atoms with Gasteiger partial charge < -0.3 is 51.2 Å². The molecule has 670 valence electrons. The number of thioether (sulfide) groups is 2. The first-order valence-corrected chi connectivity index (χ1v) is 45.1. The SMILES string of the molecule is CC(=O)SCC(N)CC(C)C.CC(=O)SCC(N)Cc1ccccc1.CC(C)CC(N)CN(C=O)OCc1ccccc1.CNC(=O)CC(N)Cc1ccccc1.NC(CC(=O)NOCc1ccccc1)Cc1ccccc1.NC(CCS)Cc1ccccc1.NC(CCS)Cc1ccccc1.NC(Cc1ccccc1)CN(C=O)OCc1ccccc1. The van der Waals surface area contributed by atoms with Crippen LogP contribution in [-0.4, -0.2) is 136 Å². The highest BCUT2D eigenvalue weighted by molar-refractivity contribution is 8.13. The van der Waals surface area contributed by atoms with Gasteiger partial charge in [-0.3, -0.25) is 43.3 Å². The average molecular weight is 1760 g/mol. The average Bonchev–Trinajstić information content (AvgIpc) is 0.868. The Morgan fingerprint density at radius 3 is 0.886 bits per heavy atom. The van der Waals surface area contributed by atoms with E-state index < -0.39 is 0 Å². The molecule has 0 aliphatic carbocycles. The summed E-state index contributed by atoms with van der Waals surface area (Å²) in [4.78, 5) is 82.0. The van der Waals surface area contributed by atoms with E-state index in [2.05, 4.69) is 100 Å². The molecule has 0 saturated heterocycles. The Kier molecular flexibility index (Phi) is 64.0. The molecule has 8 unspecified atom stereocenters. The van der Waals surface area contributed by atoms with Crippen LogP contribution in [0.25, 0.3) is 0 Å². The molecule has 0 saturated carbocycles.